The van der Waals surface area contributed by atoms with Crippen molar-refractivity contribution in [2.24, 2.45) is 0 Å². The number of carbonyl (C=O) groups excluding carboxylic acids is 3. The summed E-state index contributed by atoms with van der Waals surface area (Å²) in [5, 5.41) is 10.9. The molecule has 1 heterocycles. The molecule has 8 heteroatoms. The molecule has 0 spiro atoms. The normalized spacial score (nSPS) is 13.9. The fraction of sp³-hybridized carbons (Fsp3) is 0.286. The number of hydrogen-bond donors (Lipinski definition) is 0. The topological polar surface area (TPSA) is 101 Å². The SMILES string of the molecule is CCN(CC)C(=O)C(Cc1ccc([N+](=O)[O-])cc1)N1C(=O)c2ccccc2C1=O. The van der Waals surface area contributed by atoms with E-state index in [-0.39, 0.29) is 29.1 Å². The zero-order chi connectivity index (χ0) is 21.1. The largest absolute Gasteiger partial charge is 0.341 e. The fourth-order valence-electron chi connectivity index (χ4n) is 3.50. The molecule has 8 nitrogen and oxygen atoms in total. The van der Waals surface area contributed by atoms with E-state index >= 15 is 0 Å². The summed E-state index contributed by atoms with van der Waals surface area (Å²) in [4.78, 5) is 52.0. The number of carbonyl (C=O) groups is 3. The van der Waals surface area contributed by atoms with Crippen molar-refractivity contribution >= 4 is 23.4 Å². The van der Waals surface area contributed by atoms with Gasteiger partial charge in [0.1, 0.15) is 6.04 Å². The molecule has 1 atom stereocenters. The van der Waals surface area contributed by atoms with Crippen LogP contribution in [0.1, 0.15) is 40.1 Å². The van der Waals surface area contributed by atoms with E-state index in [2.05, 4.69) is 0 Å². The van der Waals surface area contributed by atoms with Gasteiger partial charge >= 0.3 is 0 Å². The van der Waals surface area contributed by atoms with Crippen LogP contribution < -0.4 is 0 Å². The van der Waals surface area contributed by atoms with Gasteiger partial charge in [-0.1, -0.05) is 24.3 Å². The Hall–Kier alpha value is -3.55. The number of nitro groups is 1. The average Bonchev–Trinajstić information content (AvgIpc) is 2.98. The second-order valence-electron chi connectivity index (χ2n) is 6.68. The molecule has 0 fully saturated rings. The quantitative estimate of drug-likeness (QED) is 0.408. The number of likely N-dealkylation sites (N-methyl/N-ethyl adjacent to an activating group) is 1. The summed E-state index contributed by atoms with van der Waals surface area (Å²) in [6.07, 6.45) is 0.0821. The lowest BCUT2D eigenvalue weighted by Crippen LogP contribution is -2.52. The minimum Gasteiger partial charge on any atom is -0.341 e. The number of fused-ring (bicyclic) bond motifs is 1. The Labute approximate surface area is 167 Å². The van der Waals surface area contributed by atoms with E-state index in [1.165, 1.54) is 12.1 Å². The van der Waals surface area contributed by atoms with Crippen molar-refractivity contribution in [2.45, 2.75) is 26.3 Å². The van der Waals surface area contributed by atoms with Gasteiger partial charge in [0.15, 0.2) is 0 Å². The maximum Gasteiger partial charge on any atom is 0.269 e. The summed E-state index contributed by atoms with van der Waals surface area (Å²) in [6, 6.07) is 11.2. The van der Waals surface area contributed by atoms with Gasteiger partial charge in [-0.3, -0.25) is 29.4 Å². The molecule has 0 bridgehead atoms. The lowest BCUT2D eigenvalue weighted by Gasteiger charge is -2.30. The van der Waals surface area contributed by atoms with Crippen LogP contribution in [0.15, 0.2) is 48.5 Å². The van der Waals surface area contributed by atoms with Gasteiger partial charge in [-0.05, 0) is 31.5 Å². The monoisotopic (exact) mass is 395 g/mol. The third-order valence-electron chi connectivity index (χ3n) is 5.07. The first-order valence-electron chi connectivity index (χ1n) is 9.38. The third-order valence-corrected chi connectivity index (χ3v) is 5.07. The van der Waals surface area contributed by atoms with Gasteiger partial charge in [-0.2, -0.15) is 0 Å². The molecule has 3 rings (SSSR count). The highest BCUT2D eigenvalue weighted by Gasteiger charge is 2.43. The number of nitro benzene ring substituents is 1. The van der Waals surface area contributed by atoms with Crippen LogP contribution in [-0.2, 0) is 11.2 Å². The fourth-order valence-corrected chi connectivity index (χ4v) is 3.50. The minimum atomic E-state index is -1.02. The first-order valence-corrected chi connectivity index (χ1v) is 9.38. The summed E-state index contributed by atoms with van der Waals surface area (Å²) in [7, 11) is 0. The molecule has 29 heavy (non-hydrogen) atoms. The maximum atomic E-state index is 13.2. The molecular weight excluding hydrogens is 374 g/mol. The van der Waals surface area contributed by atoms with Crippen molar-refractivity contribution in [2.75, 3.05) is 13.1 Å². The van der Waals surface area contributed by atoms with E-state index in [1.54, 1.807) is 41.3 Å². The van der Waals surface area contributed by atoms with E-state index < -0.39 is 22.8 Å². The van der Waals surface area contributed by atoms with Crippen LogP contribution >= 0.6 is 0 Å². The molecule has 0 N–H and O–H groups in total. The number of hydrogen-bond acceptors (Lipinski definition) is 5. The van der Waals surface area contributed by atoms with Crippen LogP contribution in [0.3, 0.4) is 0 Å². The number of amides is 3. The van der Waals surface area contributed by atoms with Crippen LogP contribution in [0.4, 0.5) is 5.69 Å². The van der Waals surface area contributed by atoms with E-state index in [0.29, 0.717) is 18.7 Å². The molecular formula is C21H21N3O5. The minimum absolute atomic E-state index is 0.0684. The summed E-state index contributed by atoms with van der Waals surface area (Å²) in [5.74, 6) is -1.33. The molecule has 1 aliphatic rings. The highest BCUT2D eigenvalue weighted by atomic mass is 16.6. The first-order chi connectivity index (χ1) is 13.9. The lowest BCUT2D eigenvalue weighted by molar-refractivity contribution is -0.384. The molecule has 0 saturated heterocycles. The van der Waals surface area contributed by atoms with E-state index in [9.17, 15) is 24.5 Å². The van der Waals surface area contributed by atoms with Gasteiger partial charge in [0.2, 0.25) is 5.91 Å². The Morgan fingerprint density at radius 1 is 1.00 bits per heavy atom. The van der Waals surface area contributed by atoms with Crippen LogP contribution in [0.5, 0.6) is 0 Å². The second-order valence-corrected chi connectivity index (χ2v) is 6.68. The van der Waals surface area contributed by atoms with Gasteiger partial charge in [0, 0.05) is 31.6 Å². The molecule has 0 radical (unpaired) electrons. The van der Waals surface area contributed by atoms with E-state index in [0.717, 1.165) is 4.90 Å². The van der Waals surface area contributed by atoms with Gasteiger partial charge in [0.25, 0.3) is 17.5 Å². The Bertz CT molecular complexity index is 932. The molecule has 1 unspecified atom stereocenters. The molecule has 0 aromatic heterocycles. The van der Waals surface area contributed by atoms with Gasteiger partial charge in [0.05, 0.1) is 16.1 Å². The Balaban J connectivity index is 1.98. The molecule has 2 aromatic rings. The van der Waals surface area contributed by atoms with Crippen molar-refractivity contribution in [1.82, 2.24) is 9.80 Å². The summed E-state index contributed by atoms with van der Waals surface area (Å²) >= 11 is 0. The van der Waals surface area contributed by atoms with Crippen LogP contribution in [0.25, 0.3) is 0 Å². The molecule has 1 aliphatic heterocycles. The lowest BCUT2D eigenvalue weighted by atomic mass is 10.0. The van der Waals surface area contributed by atoms with Crippen molar-refractivity contribution in [1.29, 1.82) is 0 Å². The van der Waals surface area contributed by atoms with Crippen LogP contribution in [0.2, 0.25) is 0 Å². The van der Waals surface area contributed by atoms with Crippen molar-refractivity contribution in [3.05, 3.63) is 75.3 Å². The van der Waals surface area contributed by atoms with Gasteiger partial charge < -0.3 is 4.90 Å². The molecule has 3 amide bonds. The zero-order valence-corrected chi connectivity index (χ0v) is 16.2. The Kier molecular flexibility index (Phi) is 5.72. The number of non-ortho nitro benzene ring substituents is 1. The molecule has 150 valence electrons. The van der Waals surface area contributed by atoms with Crippen LogP contribution in [-0.4, -0.2) is 51.6 Å². The average molecular weight is 395 g/mol. The third kappa shape index (κ3) is 3.73. The predicted octanol–water partition coefficient (Wildman–Crippen LogP) is 2.67. The number of benzene rings is 2. The van der Waals surface area contributed by atoms with Gasteiger partial charge in [-0.25, -0.2) is 0 Å². The standard InChI is InChI=1S/C21H21N3O5/c1-3-22(4-2)21(27)18(13-14-9-11-15(12-10-14)24(28)29)23-19(25)16-7-5-6-8-17(16)20(23)26/h5-12,18H,3-4,13H2,1-2H3. The zero-order valence-electron chi connectivity index (χ0n) is 16.2. The summed E-state index contributed by atoms with van der Waals surface area (Å²) in [6.45, 7) is 4.53. The number of rotatable bonds is 7. The van der Waals surface area contributed by atoms with Crippen molar-refractivity contribution in [3.63, 3.8) is 0 Å². The molecule has 2 aromatic carbocycles. The number of imide groups is 1. The van der Waals surface area contributed by atoms with Crippen molar-refractivity contribution in [3.8, 4) is 0 Å². The van der Waals surface area contributed by atoms with Crippen molar-refractivity contribution < 1.29 is 19.3 Å². The van der Waals surface area contributed by atoms with Crippen LogP contribution in [0, 0.1) is 10.1 Å². The summed E-state index contributed by atoms with van der Waals surface area (Å²) in [5.41, 5.74) is 1.11. The smallest absolute Gasteiger partial charge is 0.269 e. The highest BCUT2D eigenvalue weighted by molar-refractivity contribution is 6.22. The van der Waals surface area contributed by atoms with E-state index in [1.807, 2.05) is 13.8 Å². The molecule has 0 saturated carbocycles. The maximum absolute atomic E-state index is 13.2. The predicted molar refractivity (Wildman–Crippen MR) is 105 cm³/mol. The highest BCUT2D eigenvalue weighted by Crippen LogP contribution is 2.27. The van der Waals surface area contributed by atoms with Gasteiger partial charge in [-0.15, -0.1) is 0 Å². The number of nitrogens with zero attached hydrogens (tertiary/aromatic N) is 3. The molecule has 0 aliphatic carbocycles. The first kappa shape index (κ1) is 20.2. The van der Waals surface area contributed by atoms with E-state index in [4.69, 9.17) is 0 Å². The Morgan fingerprint density at radius 2 is 1.52 bits per heavy atom. The second kappa shape index (κ2) is 8.22. The Morgan fingerprint density at radius 3 is 1.97 bits per heavy atom. The summed E-state index contributed by atoms with van der Waals surface area (Å²) < 4.78 is 0.